The Hall–Kier alpha value is -1.30. The fourth-order valence-electron chi connectivity index (χ4n) is 2.50. The van der Waals surface area contributed by atoms with E-state index in [1.54, 1.807) is 4.68 Å². The van der Waals surface area contributed by atoms with E-state index in [-0.39, 0.29) is 12.1 Å². The zero-order valence-corrected chi connectivity index (χ0v) is 11.8. The molecule has 1 saturated carbocycles. The number of aliphatic hydroxyl groups is 1. The van der Waals surface area contributed by atoms with E-state index < -0.39 is 0 Å². The molecule has 0 amide bonds. The first kappa shape index (κ1) is 14.1. The summed E-state index contributed by atoms with van der Waals surface area (Å²) in [6.45, 7) is 5.07. The predicted molar refractivity (Wildman–Crippen MR) is 75.9 cm³/mol. The number of nitrogen functional groups attached to an aromatic ring is 1. The Morgan fingerprint density at radius 1 is 1.37 bits per heavy atom. The first-order chi connectivity index (χ1) is 9.08. The molecule has 6 heteroatoms. The Labute approximate surface area is 114 Å². The Bertz CT molecular complexity index is 404. The van der Waals surface area contributed by atoms with Crippen LogP contribution in [0.15, 0.2) is 0 Å². The minimum Gasteiger partial charge on any atom is -0.391 e. The van der Waals surface area contributed by atoms with Crippen molar-refractivity contribution in [1.29, 1.82) is 0 Å². The number of aromatic nitrogens is 3. The first-order valence-corrected chi connectivity index (χ1v) is 7.22. The topological polar surface area (TPSA) is 89.0 Å². The van der Waals surface area contributed by atoms with Gasteiger partial charge in [0.1, 0.15) is 0 Å². The molecule has 6 nitrogen and oxygen atoms in total. The number of aliphatic hydroxyl groups excluding tert-OH is 1. The highest BCUT2D eigenvalue weighted by molar-refractivity contribution is 5.32. The number of nitrogens with two attached hydrogens (primary N) is 1. The van der Waals surface area contributed by atoms with Crippen LogP contribution in [0.4, 0.5) is 11.9 Å². The SMILES string of the molecule is CC(C)CNc1nc(N)n(C2CCCCCC2O)n1. The highest BCUT2D eigenvalue weighted by Gasteiger charge is 2.26. The van der Waals surface area contributed by atoms with Crippen molar-refractivity contribution in [2.75, 3.05) is 17.6 Å². The Kier molecular flexibility index (Phi) is 4.63. The van der Waals surface area contributed by atoms with Crippen LogP contribution < -0.4 is 11.1 Å². The molecule has 108 valence electrons. The summed E-state index contributed by atoms with van der Waals surface area (Å²) in [5.41, 5.74) is 5.93. The number of nitrogens with one attached hydrogen (secondary N) is 1. The van der Waals surface area contributed by atoms with E-state index in [2.05, 4.69) is 29.2 Å². The van der Waals surface area contributed by atoms with Gasteiger partial charge in [0.25, 0.3) is 0 Å². The number of hydrogen-bond donors (Lipinski definition) is 3. The van der Waals surface area contributed by atoms with Gasteiger partial charge in [-0.2, -0.15) is 4.98 Å². The minimum absolute atomic E-state index is 0.0374. The van der Waals surface area contributed by atoms with Gasteiger partial charge in [-0.25, -0.2) is 4.68 Å². The van der Waals surface area contributed by atoms with Gasteiger partial charge in [-0.3, -0.25) is 0 Å². The third-order valence-corrected chi connectivity index (χ3v) is 3.58. The van der Waals surface area contributed by atoms with E-state index in [1.807, 2.05) is 0 Å². The molecule has 1 heterocycles. The molecular weight excluding hydrogens is 242 g/mol. The molecule has 2 atom stereocenters. The van der Waals surface area contributed by atoms with E-state index in [0.29, 0.717) is 17.8 Å². The largest absolute Gasteiger partial charge is 0.391 e. The molecule has 0 radical (unpaired) electrons. The molecule has 0 bridgehead atoms. The second kappa shape index (κ2) is 6.23. The summed E-state index contributed by atoms with van der Waals surface area (Å²) >= 11 is 0. The zero-order valence-electron chi connectivity index (χ0n) is 11.8. The normalized spacial score (nSPS) is 24.4. The molecule has 1 aliphatic carbocycles. The van der Waals surface area contributed by atoms with Crippen LogP contribution in [-0.4, -0.2) is 32.5 Å². The van der Waals surface area contributed by atoms with Gasteiger partial charge in [-0.05, 0) is 18.8 Å². The lowest BCUT2D eigenvalue weighted by Gasteiger charge is -2.20. The molecule has 0 spiro atoms. The van der Waals surface area contributed by atoms with Crippen molar-refractivity contribution in [1.82, 2.24) is 14.8 Å². The Morgan fingerprint density at radius 3 is 2.84 bits per heavy atom. The van der Waals surface area contributed by atoms with Crippen LogP contribution in [0.1, 0.15) is 52.0 Å². The van der Waals surface area contributed by atoms with Crippen molar-refractivity contribution < 1.29 is 5.11 Å². The average molecular weight is 267 g/mol. The van der Waals surface area contributed by atoms with E-state index in [9.17, 15) is 5.11 Å². The number of hydrogen-bond acceptors (Lipinski definition) is 5. The molecular formula is C13H25N5O. The smallest absolute Gasteiger partial charge is 0.243 e. The van der Waals surface area contributed by atoms with Crippen molar-refractivity contribution in [3.63, 3.8) is 0 Å². The number of rotatable bonds is 4. The maximum Gasteiger partial charge on any atom is 0.243 e. The van der Waals surface area contributed by atoms with Gasteiger partial charge in [0.2, 0.25) is 11.9 Å². The monoisotopic (exact) mass is 267 g/mol. The van der Waals surface area contributed by atoms with Crippen LogP contribution >= 0.6 is 0 Å². The van der Waals surface area contributed by atoms with E-state index >= 15 is 0 Å². The highest BCUT2D eigenvalue weighted by Crippen LogP contribution is 2.29. The van der Waals surface area contributed by atoms with E-state index in [1.165, 1.54) is 6.42 Å². The van der Waals surface area contributed by atoms with Crippen LogP contribution in [0.3, 0.4) is 0 Å². The molecule has 2 rings (SSSR count). The summed E-state index contributed by atoms with van der Waals surface area (Å²) in [7, 11) is 0. The number of anilines is 2. The van der Waals surface area contributed by atoms with E-state index in [4.69, 9.17) is 5.73 Å². The molecule has 0 aliphatic heterocycles. The highest BCUT2D eigenvalue weighted by atomic mass is 16.3. The third kappa shape index (κ3) is 3.59. The van der Waals surface area contributed by atoms with Crippen molar-refractivity contribution in [2.24, 2.45) is 5.92 Å². The molecule has 2 unspecified atom stereocenters. The van der Waals surface area contributed by atoms with Gasteiger partial charge in [-0.15, -0.1) is 5.10 Å². The maximum atomic E-state index is 10.2. The lowest BCUT2D eigenvalue weighted by atomic mass is 10.1. The summed E-state index contributed by atoms with van der Waals surface area (Å²) in [6.07, 6.45) is 4.71. The van der Waals surface area contributed by atoms with Crippen LogP contribution in [0, 0.1) is 5.92 Å². The summed E-state index contributed by atoms with van der Waals surface area (Å²) in [4.78, 5) is 4.23. The van der Waals surface area contributed by atoms with Gasteiger partial charge >= 0.3 is 0 Å². The van der Waals surface area contributed by atoms with Crippen molar-refractivity contribution >= 4 is 11.9 Å². The van der Waals surface area contributed by atoms with Crippen molar-refractivity contribution in [2.45, 2.75) is 58.1 Å². The molecule has 1 aromatic heterocycles. The molecule has 4 N–H and O–H groups in total. The predicted octanol–water partition coefficient (Wildman–Crippen LogP) is 1.79. The summed E-state index contributed by atoms with van der Waals surface area (Å²) in [5, 5.41) is 17.8. The molecule has 1 aliphatic rings. The average Bonchev–Trinajstić information content (AvgIpc) is 2.58. The van der Waals surface area contributed by atoms with Crippen molar-refractivity contribution in [3.8, 4) is 0 Å². The standard InChI is InChI=1S/C13H25N5O/c1-9(2)8-15-13-16-12(14)18(17-13)10-6-4-3-5-7-11(10)19/h9-11,19H,3-8H2,1-2H3,(H3,14,15,16,17). The second-order valence-electron chi connectivity index (χ2n) is 5.79. The summed E-state index contributed by atoms with van der Waals surface area (Å²) in [5.74, 6) is 1.47. The second-order valence-corrected chi connectivity index (χ2v) is 5.79. The van der Waals surface area contributed by atoms with Gasteiger partial charge in [0.15, 0.2) is 0 Å². The van der Waals surface area contributed by atoms with Crippen LogP contribution in [-0.2, 0) is 0 Å². The Balaban J connectivity index is 2.10. The Morgan fingerprint density at radius 2 is 2.11 bits per heavy atom. The van der Waals surface area contributed by atoms with E-state index in [0.717, 1.165) is 32.2 Å². The lowest BCUT2D eigenvalue weighted by Crippen LogP contribution is -2.25. The minimum atomic E-state index is -0.371. The zero-order chi connectivity index (χ0) is 13.8. The maximum absolute atomic E-state index is 10.2. The van der Waals surface area contributed by atoms with Gasteiger partial charge in [-0.1, -0.05) is 33.1 Å². The number of nitrogens with zero attached hydrogens (tertiary/aromatic N) is 3. The lowest BCUT2D eigenvalue weighted by molar-refractivity contribution is 0.100. The van der Waals surface area contributed by atoms with Crippen molar-refractivity contribution in [3.05, 3.63) is 0 Å². The van der Waals surface area contributed by atoms with Gasteiger partial charge < -0.3 is 16.2 Å². The molecule has 0 aromatic carbocycles. The summed E-state index contributed by atoms with van der Waals surface area (Å²) in [6, 6.07) is -0.0374. The summed E-state index contributed by atoms with van der Waals surface area (Å²) < 4.78 is 1.69. The fraction of sp³-hybridized carbons (Fsp3) is 0.846. The van der Waals surface area contributed by atoms with Gasteiger partial charge in [0.05, 0.1) is 12.1 Å². The first-order valence-electron chi connectivity index (χ1n) is 7.22. The molecule has 1 aromatic rings. The van der Waals surface area contributed by atoms with Crippen LogP contribution in [0.5, 0.6) is 0 Å². The molecule has 1 fully saturated rings. The quantitative estimate of drug-likeness (QED) is 0.724. The molecule has 0 saturated heterocycles. The van der Waals surface area contributed by atoms with Gasteiger partial charge in [0, 0.05) is 6.54 Å². The fourth-order valence-corrected chi connectivity index (χ4v) is 2.50. The van der Waals surface area contributed by atoms with Crippen LogP contribution in [0.25, 0.3) is 0 Å². The van der Waals surface area contributed by atoms with Crippen LogP contribution in [0.2, 0.25) is 0 Å². The third-order valence-electron chi connectivity index (χ3n) is 3.58. The molecule has 19 heavy (non-hydrogen) atoms.